The summed E-state index contributed by atoms with van der Waals surface area (Å²) in [5, 5.41) is 10.8. The van der Waals surface area contributed by atoms with E-state index in [0.29, 0.717) is 25.9 Å². The average Bonchev–Trinajstić information content (AvgIpc) is 2.95. The fourth-order valence-corrected chi connectivity index (χ4v) is 8.59. The zero-order valence-corrected chi connectivity index (χ0v) is 14.8. The van der Waals surface area contributed by atoms with Gasteiger partial charge in [-0.1, -0.05) is 0 Å². The van der Waals surface area contributed by atoms with Crippen LogP contribution in [0.2, 0.25) is 0 Å². The number of rotatable bonds is 1. The molecule has 2 saturated carbocycles. The Bertz CT molecular complexity index is 533. The molecule has 0 bridgehead atoms. The van der Waals surface area contributed by atoms with Gasteiger partial charge in [-0.2, -0.15) is 0 Å². The molecule has 2 heterocycles. The van der Waals surface area contributed by atoms with Crippen molar-refractivity contribution in [2.45, 2.75) is 42.0 Å². The van der Waals surface area contributed by atoms with Crippen molar-refractivity contribution < 1.29 is 24.2 Å². The van der Waals surface area contributed by atoms with Gasteiger partial charge in [-0.05, 0) is 24.3 Å². The van der Waals surface area contributed by atoms with Gasteiger partial charge in [-0.25, -0.2) is 0 Å². The number of aliphatic hydroxyl groups is 1. The largest absolute Gasteiger partial charge is 0.469 e. The van der Waals surface area contributed by atoms with Gasteiger partial charge < -0.3 is 14.6 Å². The van der Waals surface area contributed by atoms with Gasteiger partial charge in [-0.15, -0.1) is 23.5 Å². The number of hydrogen-bond acceptors (Lipinski definition) is 7. The first-order valence-electron chi connectivity index (χ1n) is 8.23. The lowest BCUT2D eigenvalue weighted by molar-refractivity contribution is -0.165. The van der Waals surface area contributed by atoms with Crippen molar-refractivity contribution in [2.24, 2.45) is 17.3 Å². The second kappa shape index (κ2) is 5.64. The molecule has 7 heteroatoms. The summed E-state index contributed by atoms with van der Waals surface area (Å²) in [4.78, 5) is 25.1. The van der Waals surface area contributed by atoms with Gasteiger partial charge in [0.25, 0.3) is 0 Å². The van der Waals surface area contributed by atoms with E-state index in [1.54, 1.807) is 0 Å². The summed E-state index contributed by atoms with van der Waals surface area (Å²) in [6, 6.07) is 0. The molecule has 2 aliphatic carbocycles. The van der Waals surface area contributed by atoms with E-state index in [2.05, 4.69) is 0 Å². The van der Waals surface area contributed by atoms with E-state index in [1.807, 2.05) is 23.5 Å². The van der Waals surface area contributed by atoms with Crippen LogP contribution < -0.4 is 0 Å². The molecular weight excluding hydrogens is 336 g/mol. The van der Waals surface area contributed by atoms with Crippen LogP contribution in [0.15, 0.2) is 0 Å². The van der Waals surface area contributed by atoms with Gasteiger partial charge in [0, 0.05) is 18.8 Å². The van der Waals surface area contributed by atoms with E-state index >= 15 is 0 Å². The number of fused-ring (bicyclic) bond motifs is 1. The van der Waals surface area contributed by atoms with Gasteiger partial charge in [0.15, 0.2) is 0 Å². The molecule has 0 unspecified atom stereocenters. The molecule has 4 rings (SSSR count). The monoisotopic (exact) mass is 358 g/mol. The first-order valence-corrected chi connectivity index (χ1v) is 10.2. The van der Waals surface area contributed by atoms with Crippen LogP contribution in [0, 0.1) is 17.3 Å². The molecule has 5 atom stereocenters. The number of esters is 1. The Kier molecular flexibility index (Phi) is 3.99. The Balaban J connectivity index is 1.78. The number of thioether (sulfide) groups is 2. The summed E-state index contributed by atoms with van der Waals surface area (Å²) in [7, 11) is 1.40. The number of ether oxygens (including phenoxy) is 2. The van der Waals surface area contributed by atoms with Gasteiger partial charge >= 0.3 is 5.97 Å². The van der Waals surface area contributed by atoms with E-state index in [1.165, 1.54) is 7.11 Å². The zero-order valence-electron chi connectivity index (χ0n) is 13.2. The predicted octanol–water partition coefficient (Wildman–Crippen LogP) is 1.47. The molecule has 0 aromatic rings. The van der Waals surface area contributed by atoms with E-state index in [0.717, 1.165) is 17.9 Å². The van der Waals surface area contributed by atoms with Crippen molar-refractivity contribution in [2.75, 3.05) is 25.2 Å². The van der Waals surface area contributed by atoms with Crippen LogP contribution in [0.5, 0.6) is 0 Å². The zero-order chi connectivity index (χ0) is 16.2. The molecule has 5 nitrogen and oxygen atoms in total. The highest BCUT2D eigenvalue weighted by Gasteiger charge is 2.70. The Morgan fingerprint density at radius 2 is 2.13 bits per heavy atom. The van der Waals surface area contributed by atoms with Crippen LogP contribution in [-0.4, -0.2) is 58.4 Å². The molecule has 2 saturated heterocycles. The van der Waals surface area contributed by atoms with Crippen molar-refractivity contribution >= 4 is 35.3 Å². The summed E-state index contributed by atoms with van der Waals surface area (Å²) in [5.74, 6) is 1.14. The Morgan fingerprint density at radius 1 is 1.39 bits per heavy atom. The maximum absolute atomic E-state index is 12.6. The topological polar surface area (TPSA) is 72.8 Å². The Morgan fingerprint density at radius 3 is 2.83 bits per heavy atom. The molecule has 0 aromatic heterocycles. The fourth-order valence-electron chi connectivity index (χ4n) is 4.97. The number of aliphatic hydroxyl groups excluding tert-OH is 1. The molecule has 128 valence electrons. The predicted molar refractivity (Wildman–Crippen MR) is 88.3 cm³/mol. The Labute approximate surface area is 144 Å². The summed E-state index contributed by atoms with van der Waals surface area (Å²) >= 11 is 3.68. The summed E-state index contributed by atoms with van der Waals surface area (Å²) in [6.07, 6.45) is 1.68. The summed E-state index contributed by atoms with van der Waals surface area (Å²) in [5.41, 5.74) is -0.759. The van der Waals surface area contributed by atoms with Crippen molar-refractivity contribution in [3.05, 3.63) is 0 Å². The van der Waals surface area contributed by atoms with Gasteiger partial charge in [0.1, 0.15) is 5.78 Å². The van der Waals surface area contributed by atoms with Crippen molar-refractivity contribution in [3.8, 4) is 0 Å². The maximum Gasteiger partial charge on any atom is 0.314 e. The highest BCUT2D eigenvalue weighted by Crippen LogP contribution is 2.64. The van der Waals surface area contributed by atoms with E-state index in [-0.39, 0.29) is 27.9 Å². The number of carbonyl (C=O) groups is 2. The van der Waals surface area contributed by atoms with Crippen LogP contribution in [0.1, 0.15) is 25.7 Å². The highest BCUT2D eigenvalue weighted by molar-refractivity contribution is 8.18. The standard InChI is InChI=1S/C16H22O5S2/c1-20-14(19)15-4-3-9(17)11-10(18)7-16(22-5-2-6-23-16)13(12(11)15)21-8-15/h10-13,18H,2-8H2,1H3/t10-,11-,12-,13+,15-/m0/s1. The average molecular weight is 358 g/mol. The summed E-state index contributed by atoms with van der Waals surface area (Å²) < 4.78 is 11.0. The normalized spacial score (nSPS) is 44.9. The number of ketones is 1. The quantitative estimate of drug-likeness (QED) is 0.712. The molecule has 1 N–H and O–H groups in total. The third-order valence-electron chi connectivity index (χ3n) is 5.98. The minimum absolute atomic E-state index is 0.0817. The molecule has 4 aliphatic rings. The van der Waals surface area contributed by atoms with Crippen LogP contribution >= 0.6 is 23.5 Å². The molecule has 1 spiro atoms. The first kappa shape index (κ1) is 16.2. The van der Waals surface area contributed by atoms with Gasteiger partial charge in [0.2, 0.25) is 0 Å². The van der Waals surface area contributed by atoms with Crippen LogP contribution in [0.4, 0.5) is 0 Å². The van der Waals surface area contributed by atoms with Gasteiger partial charge in [-0.3, -0.25) is 9.59 Å². The van der Waals surface area contributed by atoms with Crippen molar-refractivity contribution in [1.29, 1.82) is 0 Å². The van der Waals surface area contributed by atoms with Crippen molar-refractivity contribution in [3.63, 3.8) is 0 Å². The molecule has 0 radical (unpaired) electrons. The highest BCUT2D eigenvalue weighted by atomic mass is 32.2. The van der Waals surface area contributed by atoms with Gasteiger partial charge in [0.05, 0.1) is 41.3 Å². The maximum atomic E-state index is 12.6. The SMILES string of the molecule is COC(=O)[C@]12CCC(=O)[C@@H]3[C@H]1[C@@H](OC2)C1(C[C@@H]3O)SCCCS1. The van der Waals surface area contributed by atoms with E-state index in [4.69, 9.17) is 9.47 Å². The van der Waals surface area contributed by atoms with Crippen molar-refractivity contribution in [1.82, 2.24) is 0 Å². The molecule has 23 heavy (non-hydrogen) atoms. The molecule has 0 aromatic carbocycles. The second-order valence-corrected chi connectivity index (χ2v) is 10.1. The molecule has 4 fully saturated rings. The van der Waals surface area contributed by atoms with Crippen LogP contribution in [0.25, 0.3) is 0 Å². The summed E-state index contributed by atoms with van der Waals surface area (Å²) in [6.45, 7) is 0.314. The molecule has 0 amide bonds. The van der Waals surface area contributed by atoms with E-state index < -0.39 is 17.4 Å². The number of hydrogen-bond donors (Lipinski definition) is 1. The Hall–Kier alpha value is -0.240. The minimum atomic E-state index is -0.759. The number of carbonyl (C=O) groups excluding carboxylic acids is 2. The number of methoxy groups -OCH3 is 1. The lowest BCUT2D eigenvalue weighted by Gasteiger charge is -2.53. The van der Waals surface area contributed by atoms with Crippen LogP contribution in [0.3, 0.4) is 0 Å². The lowest BCUT2D eigenvalue weighted by Crippen LogP contribution is -2.62. The van der Waals surface area contributed by atoms with Crippen LogP contribution in [-0.2, 0) is 19.1 Å². The third kappa shape index (κ3) is 2.16. The second-order valence-electron chi connectivity index (χ2n) is 7.03. The third-order valence-corrected chi connectivity index (χ3v) is 9.44. The molecule has 2 aliphatic heterocycles. The number of Topliss-reactive ketones (excluding diaryl/α,β-unsaturated/α-hetero) is 1. The smallest absolute Gasteiger partial charge is 0.314 e. The fraction of sp³-hybridized carbons (Fsp3) is 0.875. The minimum Gasteiger partial charge on any atom is -0.469 e. The van der Waals surface area contributed by atoms with E-state index in [9.17, 15) is 14.7 Å². The first-order chi connectivity index (χ1) is 11.0. The molecular formula is C16H22O5S2. The lowest BCUT2D eigenvalue weighted by atomic mass is 9.56.